The molecule has 2 aliphatic heterocycles. The molecular weight excluding hydrogens is 266 g/mol. The van der Waals surface area contributed by atoms with E-state index in [0.717, 1.165) is 6.54 Å². The first-order chi connectivity index (χ1) is 9.34. The van der Waals surface area contributed by atoms with Gasteiger partial charge in [-0.3, -0.25) is 0 Å². The van der Waals surface area contributed by atoms with Gasteiger partial charge in [-0.2, -0.15) is 0 Å². The van der Waals surface area contributed by atoms with Crippen LogP contribution in [0.25, 0.3) is 0 Å². The number of hydrogen-bond donors (Lipinski definition) is 2. The lowest BCUT2D eigenvalue weighted by Crippen LogP contribution is -2.44. The zero-order valence-corrected chi connectivity index (χ0v) is 12.5. The van der Waals surface area contributed by atoms with Crippen molar-refractivity contribution in [1.82, 2.24) is 4.90 Å². The maximum Gasteiger partial charge on any atom is 0.190 e. The molecule has 0 aromatic carbocycles. The average molecular weight is 291 g/mol. The lowest BCUT2D eigenvalue weighted by atomic mass is 10.1. The highest BCUT2D eigenvalue weighted by Gasteiger charge is 2.56. The van der Waals surface area contributed by atoms with E-state index in [0.29, 0.717) is 6.61 Å². The average Bonchev–Trinajstić information content (AvgIpc) is 2.81. The summed E-state index contributed by atoms with van der Waals surface area (Å²) < 4.78 is 22.9. The standard InChI is InChI=1S/C13H25NO6/c1-13(2)19-11-10(17-6-5-14(3)4)9(8(16)7-15)18-12(11)20-13/h8-12,15-16H,5-7H2,1-4H3/t8-,9-,10+,11-,12-/m1/s1. The van der Waals surface area contributed by atoms with Crippen molar-refractivity contribution in [2.24, 2.45) is 0 Å². The molecule has 0 saturated carbocycles. The molecule has 0 aliphatic carbocycles. The summed E-state index contributed by atoms with van der Waals surface area (Å²) in [5, 5.41) is 19.0. The van der Waals surface area contributed by atoms with E-state index < -0.39 is 36.5 Å². The first-order valence-corrected chi connectivity index (χ1v) is 6.90. The Kier molecular flexibility index (Phi) is 5.01. The first-order valence-electron chi connectivity index (χ1n) is 6.90. The number of hydrogen-bond acceptors (Lipinski definition) is 7. The van der Waals surface area contributed by atoms with Crippen LogP contribution < -0.4 is 0 Å². The van der Waals surface area contributed by atoms with Crippen molar-refractivity contribution in [3.05, 3.63) is 0 Å². The van der Waals surface area contributed by atoms with Gasteiger partial charge in [0.15, 0.2) is 12.1 Å². The molecular formula is C13H25NO6. The molecule has 2 rings (SSSR count). The van der Waals surface area contributed by atoms with Gasteiger partial charge < -0.3 is 34.1 Å². The van der Waals surface area contributed by atoms with Gasteiger partial charge in [-0.05, 0) is 27.9 Å². The summed E-state index contributed by atoms with van der Waals surface area (Å²) >= 11 is 0. The number of rotatable bonds is 6. The number of ether oxygens (including phenoxy) is 4. The molecule has 2 heterocycles. The monoisotopic (exact) mass is 291 g/mol. The lowest BCUT2D eigenvalue weighted by Gasteiger charge is -2.28. The summed E-state index contributed by atoms with van der Waals surface area (Å²) in [5.74, 6) is -0.729. The van der Waals surface area contributed by atoms with Gasteiger partial charge in [-0.1, -0.05) is 0 Å². The molecule has 2 saturated heterocycles. The molecule has 0 amide bonds. The van der Waals surface area contributed by atoms with Gasteiger partial charge in [-0.25, -0.2) is 0 Å². The Hall–Kier alpha value is -0.280. The Balaban J connectivity index is 2.01. The molecule has 2 fully saturated rings. The topological polar surface area (TPSA) is 80.6 Å². The minimum atomic E-state index is -1.01. The van der Waals surface area contributed by atoms with Crippen molar-refractivity contribution in [2.75, 3.05) is 33.9 Å². The van der Waals surface area contributed by atoms with E-state index in [4.69, 9.17) is 24.1 Å². The Bertz CT molecular complexity index is 324. The highest BCUT2D eigenvalue weighted by Crippen LogP contribution is 2.39. The van der Waals surface area contributed by atoms with Crippen molar-refractivity contribution in [3.8, 4) is 0 Å². The summed E-state index contributed by atoms with van der Waals surface area (Å²) in [5.41, 5.74) is 0. The quantitative estimate of drug-likeness (QED) is 0.660. The van der Waals surface area contributed by atoms with Crippen LogP contribution in [-0.4, -0.2) is 85.5 Å². The Labute approximate surface area is 119 Å². The van der Waals surface area contributed by atoms with Crippen molar-refractivity contribution < 1.29 is 29.2 Å². The Morgan fingerprint density at radius 1 is 1.30 bits per heavy atom. The molecule has 5 atom stereocenters. The first kappa shape index (κ1) is 16.1. The van der Waals surface area contributed by atoms with E-state index >= 15 is 0 Å². The SMILES string of the molecule is CN(C)CCO[C@@H]1[C@H]2OC(C)(C)O[C@H]2O[C@@H]1[C@H](O)CO. The predicted octanol–water partition coefficient (Wildman–Crippen LogP) is -0.837. The van der Waals surface area contributed by atoms with Crippen LogP contribution >= 0.6 is 0 Å². The van der Waals surface area contributed by atoms with Crippen LogP contribution in [0, 0.1) is 0 Å². The van der Waals surface area contributed by atoms with Gasteiger partial charge in [0.2, 0.25) is 0 Å². The normalized spacial score (nSPS) is 37.4. The van der Waals surface area contributed by atoms with Gasteiger partial charge in [0.05, 0.1) is 13.2 Å². The summed E-state index contributed by atoms with van der Waals surface area (Å²) in [7, 11) is 3.91. The maximum absolute atomic E-state index is 9.85. The fourth-order valence-electron chi connectivity index (χ4n) is 2.48. The molecule has 2 N–H and O–H groups in total. The number of aliphatic hydroxyl groups is 2. The predicted molar refractivity (Wildman–Crippen MR) is 70.1 cm³/mol. The van der Waals surface area contributed by atoms with Crippen molar-refractivity contribution >= 4 is 0 Å². The largest absolute Gasteiger partial charge is 0.394 e. The highest BCUT2D eigenvalue weighted by atomic mass is 16.8. The zero-order chi connectivity index (χ0) is 14.9. The number of likely N-dealkylation sites (N-methyl/N-ethyl adjacent to an activating group) is 1. The minimum Gasteiger partial charge on any atom is -0.394 e. The second kappa shape index (κ2) is 6.23. The number of nitrogens with zero attached hydrogens (tertiary/aromatic N) is 1. The van der Waals surface area contributed by atoms with Crippen LogP contribution in [0.5, 0.6) is 0 Å². The zero-order valence-electron chi connectivity index (χ0n) is 12.5. The van der Waals surface area contributed by atoms with Crippen LogP contribution in [0.15, 0.2) is 0 Å². The fraction of sp³-hybridized carbons (Fsp3) is 1.00. The summed E-state index contributed by atoms with van der Waals surface area (Å²) in [6, 6.07) is 0. The van der Waals surface area contributed by atoms with Crippen molar-refractivity contribution in [2.45, 2.75) is 50.3 Å². The van der Waals surface area contributed by atoms with E-state index in [1.54, 1.807) is 0 Å². The van der Waals surface area contributed by atoms with E-state index in [9.17, 15) is 5.11 Å². The Morgan fingerprint density at radius 3 is 2.60 bits per heavy atom. The molecule has 0 aromatic heterocycles. The minimum absolute atomic E-state index is 0.388. The smallest absolute Gasteiger partial charge is 0.190 e. The third kappa shape index (κ3) is 3.48. The van der Waals surface area contributed by atoms with E-state index in [1.807, 2.05) is 32.8 Å². The van der Waals surface area contributed by atoms with Gasteiger partial charge in [0.25, 0.3) is 0 Å². The van der Waals surface area contributed by atoms with Crippen LogP contribution in [0.1, 0.15) is 13.8 Å². The molecule has 0 radical (unpaired) electrons. The van der Waals surface area contributed by atoms with Crippen LogP contribution in [-0.2, 0) is 18.9 Å². The number of fused-ring (bicyclic) bond motifs is 1. The Morgan fingerprint density at radius 2 is 2.00 bits per heavy atom. The molecule has 20 heavy (non-hydrogen) atoms. The molecule has 7 heteroatoms. The lowest BCUT2D eigenvalue weighted by molar-refractivity contribution is -0.231. The van der Waals surface area contributed by atoms with Crippen LogP contribution in [0.3, 0.4) is 0 Å². The van der Waals surface area contributed by atoms with Gasteiger partial charge in [0.1, 0.15) is 24.4 Å². The molecule has 7 nitrogen and oxygen atoms in total. The van der Waals surface area contributed by atoms with Gasteiger partial charge in [0, 0.05) is 6.54 Å². The third-order valence-electron chi connectivity index (χ3n) is 3.44. The van der Waals surface area contributed by atoms with Gasteiger partial charge in [-0.15, -0.1) is 0 Å². The summed E-state index contributed by atoms with van der Waals surface area (Å²) in [6.45, 7) is 4.47. The molecule has 2 aliphatic rings. The summed E-state index contributed by atoms with van der Waals surface area (Å²) in [6.07, 6.45) is -3.07. The summed E-state index contributed by atoms with van der Waals surface area (Å²) in [4.78, 5) is 2.00. The van der Waals surface area contributed by atoms with E-state index in [1.165, 1.54) is 0 Å². The van der Waals surface area contributed by atoms with Crippen molar-refractivity contribution in [1.29, 1.82) is 0 Å². The van der Waals surface area contributed by atoms with E-state index in [-0.39, 0.29) is 6.61 Å². The van der Waals surface area contributed by atoms with E-state index in [2.05, 4.69) is 0 Å². The maximum atomic E-state index is 9.85. The third-order valence-corrected chi connectivity index (χ3v) is 3.44. The van der Waals surface area contributed by atoms with Crippen molar-refractivity contribution in [3.63, 3.8) is 0 Å². The molecule has 0 bridgehead atoms. The second-order valence-electron chi connectivity index (χ2n) is 5.96. The van der Waals surface area contributed by atoms with Gasteiger partial charge >= 0.3 is 0 Å². The highest BCUT2D eigenvalue weighted by molar-refractivity contribution is 4.96. The molecule has 0 aromatic rings. The fourth-order valence-corrected chi connectivity index (χ4v) is 2.48. The molecule has 0 spiro atoms. The molecule has 0 unspecified atom stereocenters. The van der Waals surface area contributed by atoms with Crippen LogP contribution in [0.2, 0.25) is 0 Å². The molecule has 118 valence electrons. The number of aliphatic hydroxyl groups excluding tert-OH is 2. The second-order valence-corrected chi connectivity index (χ2v) is 5.96. The van der Waals surface area contributed by atoms with Crippen LogP contribution in [0.4, 0.5) is 0 Å².